The molecule has 17 heavy (non-hydrogen) atoms. The first-order valence-corrected chi connectivity index (χ1v) is 4.86. The fourth-order valence-electron chi connectivity index (χ4n) is 1.33. The van der Waals surface area contributed by atoms with Crippen LogP contribution in [0.3, 0.4) is 0 Å². The molecular weight excluding hydrogens is 250 g/mol. The van der Waals surface area contributed by atoms with Gasteiger partial charge in [0.05, 0.1) is 6.04 Å². The highest BCUT2D eigenvalue weighted by Gasteiger charge is 2.15. The number of halogens is 3. The van der Waals surface area contributed by atoms with E-state index < -0.39 is 17.7 Å². The third-order valence-electron chi connectivity index (χ3n) is 2.19. The highest BCUT2D eigenvalue weighted by atomic mass is 35.5. The van der Waals surface area contributed by atoms with Gasteiger partial charge >= 0.3 is 0 Å². The predicted molar refractivity (Wildman–Crippen MR) is 63.7 cm³/mol. The molecule has 6 heteroatoms. The number of nitrogens with zero attached hydrogens (tertiary/aromatic N) is 1. The van der Waals surface area contributed by atoms with E-state index in [1.165, 1.54) is 18.0 Å². The Labute approximate surface area is 105 Å². The Morgan fingerprint density at radius 3 is 2.53 bits per heavy atom. The summed E-state index contributed by atoms with van der Waals surface area (Å²) in [6, 6.07) is 2.63. The summed E-state index contributed by atoms with van der Waals surface area (Å²) in [6.45, 7) is 1.63. The number of likely N-dealkylation sites (N-methyl/N-ethyl adjacent to an activating group) is 1. The second-order valence-electron chi connectivity index (χ2n) is 3.72. The molecule has 1 aromatic carbocycles. The molecule has 96 valence electrons. The molecule has 2 N–H and O–H groups in total. The van der Waals surface area contributed by atoms with Crippen LogP contribution in [0.1, 0.15) is 12.5 Å². The van der Waals surface area contributed by atoms with Crippen molar-refractivity contribution in [3.05, 3.63) is 35.4 Å². The van der Waals surface area contributed by atoms with E-state index in [2.05, 4.69) is 0 Å². The van der Waals surface area contributed by atoms with Gasteiger partial charge in [0.2, 0.25) is 5.91 Å². The largest absolute Gasteiger partial charge is 0.340 e. The van der Waals surface area contributed by atoms with Crippen molar-refractivity contribution < 1.29 is 13.6 Å². The van der Waals surface area contributed by atoms with E-state index in [9.17, 15) is 13.6 Å². The van der Waals surface area contributed by atoms with Gasteiger partial charge < -0.3 is 10.6 Å². The van der Waals surface area contributed by atoms with Gasteiger partial charge in [-0.3, -0.25) is 4.79 Å². The third kappa shape index (κ3) is 4.28. The smallest absolute Gasteiger partial charge is 0.239 e. The Hall–Kier alpha value is -1.20. The third-order valence-corrected chi connectivity index (χ3v) is 2.19. The number of benzene rings is 1. The van der Waals surface area contributed by atoms with E-state index in [-0.39, 0.29) is 30.4 Å². The lowest BCUT2D eigenvalue weighted by atomic mass is 10.2. The fraction of sp³-hybridized carbons (Fsp3) is 0.364. The molecule has 0 saturated carbocycles. The van der Waals surface area contributed by atoms with Crippen molar-refractivity contribution in [3.8, 4) is 0 Å². The van der Waals surface area contributed by atoms with E-state index in [1.54, 1.807) is 6.92 Å². The van der Waals surface area contributed by atoms with Crippen LogP contribution in [-0.2, 0) is 11.3 Å². The number of carbonyl (C=O) groups excluding carboxylic acids is 1. The summed E-state index contributed by atoms with van der Waals surface area (Å²) in [5.74, 6) is -1.59. The first-order valence-electron chi connectivity index (χ1n) is 4.86. The first kappa shape index (κ1) is 15.8. The van der Waals surface area contributed by atoms with E-state index in [0.29, 0.717) is 0 Å². The first-order chi connectivity index (χ1) is 7.41. The molecule has 1 rings (SSSR count). The second-order valence-corrected chi connectivity index (χ2v) is 3.72. The molecule has 0 fully saturated rings. The van der Waals surface area contributed by atoms with Crippen LogP contribution in [0.15, 0.2) is 18.2 Å². The van der Waals surface area contributed by atoms with E-state index in [1.807, 2.05) is 0 Å². The molecule has 0 radical (unpaired) electrons. The molecule has 0 spiro atoms. The lowest BCUT2D eigenvalue weighted by molar-refractivity contribution is -0.131. The van der Waals surface area contributed by atoms with Gasteiger partial charge in [0, 0.05) is 25.2 Å². The monoisotopic (exact) mass is 264 g/mol. The maximum absolute atomic E-state index is 13.3. The van der Waals surface area contributed by atoms with Crippen molar-refractivity contribution >= 4 is 18.3 Å². The van der Waals surface area contributed by atoms with Crippen LogP contribution < -0.4 is 5.73 Å². The van der Waals surface area contributed by atoms with Crippen LogP contribution in [0.4, 0.5) is 8.78 Å². The van der Waals surface area contributed by atoms with Gasteiger partial charge in [0.1, 0.15) is 11.6 Å². The molecule has 0 aliphatic rings. The number of carbonyl (C=O) groups is 1. The summed E-state index contributed by atoms with van der Waals surface area (Å²) in [7, 11) is 1.52. The molecule has 1 amide bonds. The van der Waals surface area contributed by atoms with E-state index >= 15 is 0 Å². The average molecular weight is 265 g/mol. The lowest BCUT2D eigenvalue weighted by Gasteiger charge is -2.19. The Kier molecular flexibility index (Phi) is 6.05. The molecule has 0 unspecified atom stereocenters. The zero-order chi connectivity index (χ0) is 12.3. The Morgan fingerprint density at radius 2 is 2.06 bits per heavy atom. The summed E-state index contributed by atoms with van der Waals surface area (Å²) >= 11 is 0. The molecule has 0 aliphatic heterocycles. The predicted octanol–water partition coefficient (Wildman–Crippen LogP) is 1.69. The van der Waals surface area contributed by atoms with Gasteiger partial charge in [0.15, 0.2) is 0 Å². The van der Waals surface area contributed by atoms with E-state index in [0.717, 1.165) is 12.1 Å². The van der Waals surface area contributed by atoms with Crippen LogP contribution >= 0.6 is 12.4 Å². The standard InChI is InChI=1S/C11H14F2N2O.ClH/c1-7(14)11(16)15(2)6-8-3-4-9(12)5-10(8)13;/h3-5,7H,6,14H2,1-2H3;1H/t7-;/m1./s1. The summed E-state index contributed by atoms with van der Waals surface area (Å²) < 4.78 is 25.9. The number of rotatable bonds is 3. The van der Waals surface area contributed by atoms with Gasteiger partial charge in [-0.1, -0.05) is 6.07 Å². The SMILES string of the molecule is C[C@@H](N)C(=O)N(C)Cc1ccc(F)cc1F.Cl. The highest BCUT2D eigenvalue weighted by molar-refractivity contribution is 5.85. The number of hydrogen-bond acceptors (Lipinski definition) is 2. The minimum atomic E-state index is -0.663. The quantitative estimate of drug-likeness (QED) is 0.903. The van der Waals surface area contributed by atoms with Crippen LogP contribution in [0, 0.1) is 11.6 Å². The summed E-state index contributed by atoms with van der Waals surface area (Å²) in [5.41, 5.74) is 5.67. The summed E-state index contributed by atoms with van der Waals surface area (Å²) in [6.07, 6.45) is 0. The molecular formula is C11H15ClF2N2O. The molecule has 0 aliphatic carbocycles. The Bertz CT molecular complexity index is 399. The van der Waals surface area contributed by atoms with Crippen LogP contribution in [-0.4, -0.2) is 23.9 Å². The van der Waals surface area contributed by atoms with Gasteiger partial charge in [-0.2, -0.15) is 0 Å². The number of nitrogens with two attached hydrogens (primary N) is 1. The van der Waals surface area contributed by atoms with Crippen molar-refractivity contribution in [2.24, 2.45) is 5.73 Å². The minimum Gasteiger partial charge on any atom is -0.340 e. The number of amides is 1. The van der Waals surface area contributed by atoms with Crippen molar-refractivity contribution in [2.45, 2.75) is 19.5 Å². The molecule has 0 bridgehead atoms. The topological polar surface area (TPSA) is 46.3 Å². The van der Waals surface area contributed by atoms with Crippen molar-refractivity contribution in [1.82, 2.24) is 4.90 Å². The van der Waals surface area contributed by atoms with Crippen LogP contribution in [0.2, 0.25) is 0 Å². The zero-order valence-corrected chi connectivity index (χ0v) is 10.4. The molecule has 0 aromatic heterocycles. The molecule has 0 heterocycles. The number of hydrogen-bond donors (Lipinski definition) is 1. The molecule has 1 aromatic rings. The molecule has 3 nitrogen and oxygen atoms in total. The summed E-state index contributed by atoms with van der Waals surface area (Å²) in [5, 5.41) is 0. The normalized spacial score (nSPS) is 11.6. The van der Waals surface area contributed by atoms with Crippen molar-refractivity contribution in [3.63, 3.8) is 0 Å². The molecule has 1 atom stereocenters. The van der Waals surface area contributed by atoms with Crippen molar-refractivity contribution in [1.29, 1.82) is 0 Å². The maximum atomic E-state index is 13.3. The summed E-state index contributed by atoms with van der Waals surface area (Å²) in [4.78, 5) is 12.7. The van der Waals surface area contributed by atoms with Gasteiger partial charge in [-0.25, -0.2) is 8.78 Å². The van der Waals surface area contributed by atoms with Crippen LogP contribution in [0.25, 0.3) is 0 Å². The van der Waals surface area contributed by atoms with Crippen LogP contribution in [0.5, 0.6) is 0 Å². The lowest BCUT2D eigenvalue weighted by Crippen LogP contribution is -2.39. The maximum Gasteiger partial charge on any atom is 0.239 e. The Morgan fingerprint density at radius 1 is 1.47 bits per heavy atom. The van der Waals surface area contributed by atoms with Gasteiger partial charge in [-0.15, -0.1) is 12.4 Å². The van der Waals surface area contributed by atoms with Gasteiger partial charge in [0.25, 0.3) is 0 Å². The molecule has 0 saturated heterocycles. The fourth-order valence-corrected chi connectivity index (χ4v) is 1.33. The average Bonchev–Trinajstić information content (AvgIpc) is 2.20. The zero-order valence-electron chi connectivity index (χ0n) is 9.61. The minimum absolute atomic E-state index is 0. The van der Waals surface area contributed by atoms with E-state index in [4.69, 9.17) is 5.73 Å². The van der Waals surface area contributed by atoms with Crippen molar-refractivity contribution in [2.75, 3.05) is 7.05 Å². The second kappa shape index (κ2) is 6.51. The highest BCUT2D eigenvalue weighted by Crippen LogP contribution is 2.11. The Balaban J connectivity index is 0.00000256. The van der Waals surface area contributed by atoms with Gasteiger partial charge in [-0.05, 0) is 13.0 Å².